The van der Waals surface area contributed by atoms with Gasteiger partial charge in [0.15, 0.2) is 11.5 Å². The van der Waals surface area contributed by atoms with E-state index >= 15 is 0 Å². The number of imidazole rings is 1. The van der Waals surface area contributed by atoms with Crippen molar-refractivity contribution in [2.75, 3.05) is 60.2 Å². The number of ether oxygens (including phenoxy) is 4. The van der Waals surface area contributed by atoms with Gasteiger partial charge in [-0.3, -0.25) is 9.69 Å². The Labute approximate surface area is 231 Å². The van der Waals surface area contributed by atoms with Crippen LogP contribution >= 0.6 is 0 Å². The van der Waals surface area contributed by atoms with E-state index in [2.05, 4.69) is 4.98 Å². The largest absolute Gasteiger partial charge is 0.493 e. The summed E-state index contributed by atoms with van der Waals surface area (Å²) in [5.74, 6) is -0.732. The number of β-amino-alcohol motifs (C(OH)–C–C–N with tert-alkyl or cyclic N) is 1. The van der Waals surface area contributed by atoms with Gasteiger partial charge in [0.2, 0.25) is 5.91 Å². The van der Waals surface area contributed by atoms with Gasteiger partial charge in [-0.1, -0.05) is 6.07 Å². The van der Waals surface area contributed by atoms with Crippen molar-refractivity contribution in [3.63, 3.8) is 0 Å². The molecular weight excluding hydrogens is 526 g/mol. The van der Waals surface area contributed by atoms with Gasteiger partial charge in [0, 0.05) is 63.9 Å². The van der Waals surface area contributed by atoms with Crippen LogP contribution < -0.4 is 14.2 Å². The average Bonchev–Trinajstić information content (AvgIpc) is 3.37. The highest BCUT2D eigenvalue weighted by atomic mass is 19.1. The lowest BCUT2D eigenvalue weighted by molar-refractivity contribution is -0.138. The van der Waals surface area contributed by atoms with Gasteiger partial charge in [-0.05, 0) is 17.7 Å². The van der Waals surface area contributed by atoms with Crippen molar-refractivity contribution >= 4 is 5.91 Å². The molecule has 0 saturated carbocycles. The standard InChI is InChI=1S/C28H34F2N4O6/c1-37-16-27(35)34-8-7-33(17-28(36,18-34)19-40-24-13-22(29)12-23(30)14-24)15-21-3-4-25(26(11-21)38-2)39-10-9-32-6-5-31-20-32/h3-6,11-14,20,36H,7-10,15-19H2,1-2H3/t28-/m1/s1. The summed E-state index contributed by atoms with van der Waals surface area (Å²) < 4.78 is 51.3. The fourth-order valence-electron chi connectivity index (χ4n) is 4.59. The molecule has 1 atom stereocenters. The molecule has 1 aromatic heterocycles. The molecule has 4 rings (SSSR count). The molecule has 1 N–H and O–H groups in total. The first-order valence-electron chi connectivity index (χ1n) is 12.8. The summed E-state index contributed by atoms with van der Waals surface area (Å²) in [7, 11) is 2.99. The van der Waals surface area contributed by atoms with Crippen LogP contribution in [0.15, 0.2) is 55.1 Å². The van der Waals surface area contributed by atoms with E-state index in [4.69, 9.17) is 18.9 Å². The highest BCUT2D eigenvalue weighted by molar-refractivity contribution is 5.77. The van der Waals surface area contributed by atoms with Gasteiger partial charge in [-0.2, -0.15) is 0 Å². The smallest absolute Gasteiger partial charge is 0.248 e. The van der Waals surface area contributed by atoms with E-state index in [1.54, 1.807) is 19.6 Å². The quantitative estimate of drug-likeness (QED) is 0.361. The molecule has 0 spiro atoms. The lowest BCUT2D eigenvalue weighted by Gasteiger charge is -2.33. The molecule has 216 valence electrons. The van der Waals surface area contributed by atoms with Crippen LogP contribution in [0.4, 0.5) is 8.78 Å². The predicted octanol–water partition coefficient (Wildman–Crippen LogP) is 2.35. The summed E-state index contributed by atoms with van der Waals surface area (Å²) in [6.07, 6.45) is 5.29. The number of rotatable bonds is 12. The van der Waals surface area contributed by atoms with Crippen LogP contribution in [0.3, 0.4) is 0 Å². The van der Waals surface area contributed by atoms with Gasteiger partial charge < -0.3 is 33.5 Å². The number of benzene rings is 2. The van der Waals surface area contributed by atoms with Gasteiger partial charge in [0.25, 0.3) is 0 Å². The van der Waals surface area contributed by atoms with Crippen molar-refractivity contribution in [2.45, 2.75) is 18.7 Å². The van der Waals surface area contributed by atoms with Crippen molar-refractivity contribution in [1.82, 2.24) is 19.4 Å². The SMILES string of the molecule is COCC(=O)N1CCN(Cc2ccc(OCCn3ccnc3)c(OC)c2)C[C@](O)(COc2cc(F)cc(F)c2)C1. The summed E-state index contributed by atoms with van der Waals surface area (Å²) in [5.41, 5.74) is -0.616. The van der Waals surface area contributed by atoms with E-state index in [0.717, 1.165) is 23.8 Å². The Kier molecular flexibility index (Phi) is 9.91. The lowest BCUT2D eigenvalue weighted by atomic mass is 10.0. The van der Waals surface area contributed by atoms with Crippen LogP contribution in [0.25, 0.3) is 0 Å². The van der Waals surface area contributed by atoms with Gasteiger partial charge in [0.1, 0.15) is 42.8 Å². The summed E-state index contributed by atoms with van der Waals surface area (Å²) in [6, 6.07) is 8.45. The van der Waals surface area contributed by atoms with E-state index in [1.165, 1.54) is 12.0 Å². The minimum absolute atomic E-state index is 0.0312. The maximum Gasteiger partial charge on any atom is 0.248 e. The van der Waals surface area contributed by atoms with E-state index < -0.39 is 17.2 Å². The highest BCUT2D eigenvalue weighted by Crippen LogP contribution is 2.29. The number of aromatic nitrogens is 2. The van der Waals surface area contributed by atoms with Crippen LogP contribution in [0, 0.1) is 11.6 Å². The van der Waals surface area contributed by atoms with Crippen molar-refractivity contribution in [2.24, 2.45) is 0 Å². The number of amides is 1. The molecule has 2 heterocycles. The minimum Gasteiger partial charge on any atom is -0.493 e. The molecule has 2 aromatic carbocycles. The van der Waals surface area contributed by atoms with Gasteiger partial charge in [0.05, 0.1) is 26.5 Å². The first-order chi connectivity index (χ1) is 19.3. The van der Waals surface area contributed by atoms with Crippen molar-refractivity contribution in [3.05, 3.63) is 72.3 Å². The third-order valence-electron chi connectivity index (χ3n) is 6.45. The minimum atomic E-state index is -1.52. The highest BCUT2D eigenvalue weighted by Gasteiger charge is 2.37. The zero-order chi connectivity index (χ0) is 28.5. The molecule has 1 saturated heterocycles. The van der Waals surface area contributed by atoms with E-state index in [0.29, 0.717) is 44.3 Å². The number of methoxy groups -OCH3 is 2. The fourth-order valence-corrected chi connectivity index (χ4v) is 4.59. The summed E-state index contributed by atoms with van der Waals surface area (Å²) in [5, 5.41) is 11.6. The molecule has 0 unspecified atom stereocenters. The third kappa shape index (κ3) is 8.13. The second-order valence-electron chi connectivity index (χ2n) is 9.71. The number of halogens is 2. The number of carbonyl (C=O) groups excluding carboxylic acids is 1. The number of nitrogens with zero attached hydrogens (tertiary/aromatic N) is 4. The predicted molar refractivity (Wildman–Crippen MR) is 141 cm³/mol. The number of carbonyl (C=O) groups is 1. The Hall–Kier alpha value is -3.74. The monoisotopic (exact) mass is 560 g/mol. The Morgan fingerprint density at radius 1 is 1.05 bits per heavy atom. The number of hydrogen-bond acceptors (Lipinski definition) is 8. The second-order valence-corrected chi connectivity index (χ2v) is 9.71. The summed E-state index contributed by atoms with van der Waals surface area (Å²) in [6.45, 7) is 2.04. The van der Waals surface area contributed by atoms with Gasteiger partial charge >= 0.3 is 0 Å². The van der Waals surface area contributed by atoms with Crippen LogP contribution in [0.5, 0.6) is 17.2 Å². The fraction of sp³-hybridized carbons (Fsp3) is 0.429. The van der Waals surface area contributed by atoms with E-state index in [-0.39, 0.29) is 38.0 Å². The molecule has 10 nitrogen and oxygen atoms in total. The Balaban J connectivity index is 1.45. The van der Waals surface area contributed by atoms with Crippen LogP contribution in [0.1, 0.15) is 5.56 Å². The topological polar surface area (TPSA) is 98.5 Å². The molecule has 1 amide bonds. The first kappa shape index (κ1) is 29.2. The maximum atomic E-state index is 13.7. The molecule has 0 radical (unpaired) electrons. The Morgan fingerprint density at radius 3 is 2.55 bits per heavy atom. The third-order valence-corrected chi connectivity index (χ3v) is 6.45. The normalized spacial score (nSPS) is 17.9. The molecule has 1 aliphatic heterocycles. The lowest BCUT2D eigenvalue weighted by Crippen LogP contribution is -2.52. The molecule has 40 heavy (non-hydrogen) atoms. The number of hydrogen-bond donors (Lipinski definition) is 1. The summed E-state index contributed by atoms with van der Waals surface area (Å²) in [4.78, 5) is 20.2. The molecule has 12 heteroatoms. The summed E-state index contributed by atoms with van der Waals surface area (Å²) >= 11 is 0. The molecule has 3 aromatic rings. The zero-order valence-electron chi connectivity index (χ0n) is 22.6. The van der Waals surface area contributed by atoms with Gasteiger partial charge in [-0.25, -0.2) is 13.8 Å². The van der Waals surface area contributed by atoms with Crippen molar-refractivity contribution in [3.8, 4) is 17.2 Å². The Bertz CT molecular complexity index is 1240. The first-order valence-corrected chi connectivity index (χ1v) is 12.8. The molecule has 0 aliphatic carbocycles. The second kappa shape index (κ2) is 13.6. The van der Waals surface area contributed by atoms with E-state index in [1.807, 2.05) is 33.9 Å². The van der Waals surface area contributed by atoms with Crippen molar-refractivity contribution < 1.29 is 37.6 Å². The molecule has 1 fully saturated rings. The van der Waals surface area contributed by atoms with Crippen LogP contribution in [-0.4, -0.2) is 96.2 Å². The Morgan fingerprint density at radius 2 is 1.85 bits per heavy atom. The maximum absolute atomic E-state index is 13.7. The number of aliphatic hydroxyl groups is 1. The van der Waals surface area contributed by atoms with E-state index in [9.17, 15) is 18.7 Å². The van der Waals surface area contributed by atoms with Crippen LogP contribution in [0.2, 0.25) is 0 Å². The van der Waals surface area contributed by atoms with Crippen LogP contribution in [-0.2, 0) is 22.6 Å². The van der Waals surface area contributed by atoms with Crippen molar-refractivity contribution in [1.29, 1.82) is 0 Å². The molecule has 0 bridgehead atoms. The average molecular weight is 561 g/mol. The van der Waals surface area contributed by atoms with Gasteiger partial charge in [-0.15, -0.1) is 0 Å². The molecule has 1 aliphatic rings. The molecular formula is C28H34F2N4O6. The zero-order valence-corrected chi connectivity index (χ0v) is 22.6.